The first-order chi connectivity index (χ1) is 7.63. The van der Waals surface area contributed by atoms with Crippen LogP contribution in [0, 0.1) is 6.92 Å². The zero-order chi connectivity index (χ0) is 12.0. The van der Waals surface area contributed by atoms with Crippen LogP contribution in [0.5, 0.6) is 5.75 Å². The van der Waals surface area contributed by atoms with Crippen molar-refractivity contribution < 1.29 is 9.53 Å². The van der Waals surface area contributed by atoms with E-state index in [0.29, 0.717) is 6.42 Å². The molecule has 0 aliphatic heterocycles. The van der Waals surface area contributed by atoms with E-state index in [1.165, 1.54) is 5.56 Å². The van der Waals surface area contributed by atoms with Gasteiger partial charge in [-0.2, -0.15) is 0 Å². The Kier molecular flexibility index (Phi) is 5.53. The van der Waals surface area contributed by atoms with Crippen molar-refractivity contribution in [3.8, 4) is 5.75 Å². The number of aryl methyl sites for hydroxylation is 1. The van der Waals surface area contributed by atoms with Crippen molar-refractivity contribution in [2.45, 2.75) is 39.2 Å². The molecular weight excluding hydrogens is 268 g/mol. The van der Waals surface area contributed by atoms with Gasteiger partial charge in [-0.25, -0.2) is 0 Å². The molecule has 0 spiro atoms. The van der Waals surface area contributed by atoms with E-state index < -0.39 is 0 Å². The summed E-state index contributed by atoms with van der Waals surface area (Å²) >= 11 is 3.46. The Morgan fingerprint density at radius 1 is 1.50 bits per heavy atom. The minimum Gasteiger partial charge on any atom is -0.490 e. The number of aldehydes is 1. The molecule has 0 aliphatic carbocycles. The fourth-order valence-electron chi connectivity index (χ4n) is 1.47. The lowest BCUT2D eigenvalue weighted by molar-refractivity contribution is -0.108. The minimum absolute atomic E-state index is 0.137. The maximum absolute atomic E-state index is 10.2. The summed E-state index contributed by atoms with van der Waals surface area (Å²) in [6, 6.07) is 6.04. The number of ether oxygens (including phenoxy) is 1. The summed E-state index contributed by atoms with van der Waals surface area (Å²) < 4.78 is 6.78. The summed E-state index contributed by atoms with van der Waals surface area (Å²) in [7, 11) is 0. The largest absolute Gasteiger partial charge is 0.490 e. The number of unbranched alkanes of at least 4 members (excludes halogenated alkanes) is 1. The van der Waals surface area contributed by atoms with Crippen molar-refractivity contribution in [3.05, 3.63) is 28.2 Å². The summed E-state index contributed by atoms with van der Waals surface area (Å²) in [5.41, 5.74) is 1.18. The second-order valence-corrected chi connectivity index (χ2v) is 4.81. The molecule has 88 valence electrons. The van der Waals surface area contributed by atoms with Gasteiger partial charge < -0.3 is 9.53 Å². The summed E-state index contributed by atoms with van der Waals surface area (Å²) in [6.45, 7) is 4.07. The number of hydrogen-bond acceptors (Lipinski definition) is 2. The molecule has 0 N–H and O–H groups in total. The maximum atomic E-state index is 10.2. The van der Waals surface area contributed by atoms with Crippen molar-refractivity contribution >= 4 is 22.2 Å². The second kappa shape index (κ2) is 6.69. The van der Waals surface area contributed by atoms with Crippen LogP contribution in [-0.4, -0.2) is 12.4 Å². The standard InChI is InChI=1S/C13H17BrO2/c1-10-6-7-12(14)13(9-10)16-11(2)5-3-4-8-15/h6-9,11H,3-5H2,1-2H3/t11-/m0/s1. The highest BCUT2D eigenvalue weighted by atomic mass is 79.9. The smallest absolute Gasteiger partial charge is 0.134 e. The third-order valence-electron chi connectivity index (χ3n) is 2.35. The molecule has 0 unspecified atom stereocenters. The quantitative estimate of drug-likeness (QED) is 0.585. The molecule has 3 heteroatoms. The maximum Gasteiger partial charge on any atom is 0.134 e. The number of halogens is 1. The monoisotopic (exact) mass is 284 g/mol. The molecule has 2 nitrogen and oxygen atoms in total. The molecule has 1 aromatic rings. The SMILES string of the molecule is Cc1ccc(Br)c(O[C@@H](C)CCCC=O)c1. The van der Waals surface area contributed by atoms with Crippen LogP contribution in [0.4, 0.5) is 0 Å². The van der Waals surface area contributed by atoms with Gasteiger partial charge in [0, 0.05) is 6.42 Å². The molecule has 0 saturated heterocycles. The van der Waals surface area contributed by atoms with E-state index in [-0.39, 0.29) is 6.10 Å². The Hall–Kier alpha value is -0.830. The predicted octanol–water partition coefficient (Wildman–Crippen LogP) is 3.89. The molecule has 0 radical (unpaired) electrons. The molecule has 1 atom stereocenters. The molecule has 0 heterocycles. The highest BCUT2D eigenvalue weighted by molar-refractivity contribution is 9.10. The van der Waals surface area contributed by atoms with Crippen molar-refractivity contribution in [1.29, 1.82) is 0 Å². The van der Waals surface area contributed by atoms with Gasteiger partial charge in [-0.3, -0.25) is 0 Å². The van der Waals surface area contributed by atoms with Crippen LogP contribution < -0.4 is 4.74 Å². The normalized spacial score (nSPS) is 12.2. The Morgan fingerprint density at radius 2 is 2.25 bits per heavy atom. The summed E-state index contributed by atoms with van der Waals surface area (Å²) in [6.07, 6.45) is 3.49. The fraction of sp³-hybridized carbons (Fsp3) is 0.462. The molecule has 0 amide bonds. The fourth-order valence-corrected chi connectivity index (χ4v) is 1.81. The highest BCUT2D eigenvalue weighted by Crippen LogP contribution is 2.27. The zero-order valence-electron chi connectivity index (χ0n) is 9.70. The van der Waals surface area contributed by atoms with Gasteiger partial charge in [0.05, 0.1) is 10.6 Å². The topological polar surface area (TPSA) is 26.3 Å². The summed E-state index contributed by atoms with van der Waals surface area (Å²) in [5, 5.41) is 0. The van der Waals surface area contributed by atoms with E-state index in [2.05, 4.69) is 15.9 Å². The van der Waals surface area contributed by atoms with E-state index in [9.17, 15) is 4.79 Å². The van der Waals surface area contributed by atoms with Gasteiger partial charge in [0.1, 0.15) is 12.0 Å². The van der Waals surface area contributed by atoms with E-state index in [1.807, 2.05) is 32.0 Å². The number of rotatable bonds is 6. The molecule has 1 aromatic carbocycles. The Bertz CT molecular complexity index is 350. The van der Waals surface area contributed by atoms with Crippen LogP contribution >= 0.6 is 15.9 Å². The first-order valence-electron chi connectivity index (χ1n) is 5.50. The van der Waals surface area contributed by atoms with E-state index in [1.54, 1.807) is 0 Å². The predicted molar refractivity (Wildman–Crippen MR) is 68.9 cm³/mol. The summed E-state index contributed by atoms with van der Waals surface area (Å²) in [5.74, 6) is 0.874. The van der Waals surface area contributed by atoms with Gasteiger partial charge in [0.25, 0.3) is 0 Å². The molecule has 0 aliphatic rings. The first kappa shape index (κ1) is 13.2. The van der Waals surface area contributed by atoms with E-state index >= 15 is 0 Å². The van der Waals surface area contributed by atoms with Crippen molar-refractivity contribution in [1.82, 2.24) is 0 Å². The molecule has 0 fully saturated rings. The van der Waals surface area contributed by atoms with Gasteiger partial charge in [0.15, 0.2) is 0 Å². The number of benzene rings is 1. The number of carbonyl (C=O) groups is 1. The molecule has 0 saturated carbocycles. The van der Waals surface area contributed by atoms with Crippen LogP contribution in [0.1, 0.15) is 31.7 Å². The van der Waals surface area contributed by atoms with Gasteiger partial charge in [0.2, 0.25) is 0 Å². The lowest BCUT2D eigenvalue weighted by Gasteiger charge is -2.15. The Morgan fingerprint density at radius 3 is 2.94 bits per heavy atom. The third-order valence-corrected chi connectivity index (χ3v) is 3.00. The van der Waals surface area contributed by atoms with Crippen molar-refractivity contribution in [3.63, 3.8) is 0 Å². The van der Waals surface area contributed by atoms with Crippen LogP contribution in [0.2, 0.25) is 0 Å². The van der Waals surface area contributed by atoms with Crippen molar-refractivity contribution in [2.75, 3.05) is 0 Å². The second-order valence-electron chi connectivity index (χ2n) is 3.96. The molecule has 0 aromatic heterocycles. The van der Waals surface area contributed by atoms with E-state index in [4.69, 9.17) is 4.74 Å². The molecule has 1 rings (SSSR count). The van der Waals surface area contributed by atoms with Crippen LogP contribution in [0.25, 0.3) is 0 Å². The van der Waals surface area contributed by atoms with Crippen LogP contribution in [0.3, 0.4) is 0 Å². The van der Waals surface area contributed by atoms with Gasteiger partial charge in [-0.05, 0) is 60.3 Å². The average molecular weight is 285 g/mol. The number of carbonyl (C=O) groups excluding carboxylic acids is 1. The van der Waals surface area contributed by atoms with Crippen LogP contribution in [-0.2, 0) is 4.79 Å². The van der Waals surface area contributed by atoms with Crippen LogP contribution in [0.15, 0.2) is 22.7 Å². The zero-order valence-corrected chi connectivity index (χ0v) is 11.3. The highest BCUT2D eigenvalue weighted by Gasteiger charge is 2.07. The minimum atomic E-state index is 0.137. The first-order valence-corrected chi connectivity index (χ1v) is 6.29. The lowest BCUT2D eigenvalue weighted by atomic mass is 10.2. The molecule has 0 bridgehead atoms. The van der Waals surface area contributed by atoms with Gasteiger partial charge in [-0.15, -0.1) is 0 Å². The summed E-state index contributed by atoms with van der Waals surface area (Å²) in [4.78, 5) is 10.2. The molecular formula is C13H17BrO2. The molecule has 16 heavy (non-hydrogen) atoms. The van der Waals surface area contributed by atoms with Gasteiger partial charge >= 0.3 is 0 Å². The van der Waals surface area contributed by atoms with E-state index in [0.717, 1.165) is 29.4 Å². The third kappa shape index (κ3) is 4.35. The lowest BCUT2D eigenvalue weighted by Crippen LogP contribution is -2.12. The van der Waals surface area contributed by atoms with Gasteiger partial charge in [-0.1, -0.05) is 6.07 Å². The average Bonchev–Trinajstić information content (AvgIpc) is 2.24. The Balaban J connectivity index is 2.51. The number of hydrogen-bond donors (Lipinski definition) is 0. The Labute approximate surface area is 105 Å². The van der Waals surface area contributed by atoms with Crippen molar-refractivity contribution in [2.24, 2.45) is 0 Å².